The molecule has 132 valence electrons. The number of hydrogen-bond donors (Lipinski definition) is 0. The van der Waals surface area contributed by atoms with Crippen molar-refractivity contribution in [1.29, 1.82) is 0 Å². The number of hydrogen-bond acceptors (Lipinski definition) is 4. The minimum Gasteiger partial charge on any atom is -0.471 e. The fourth-order valence-corrected chi connectivity index (χ4v) is 5.21. The number of aromatic nitrogens is 1. The lowest BCUT2D eigenvalue weighted by atomic mass is 9.92. The van der Waals surface area contributed by atoms with Gasteiger partial charge in [0, 0.05) is 6.20 Å². The third kappa shape index (κ3) is 3.32. The molecular formula is C18H19BrN2O3S. The molecule has 0 amide bonds. The van der Waals surface area contributed by atoms with Crippen molar-refractivity contribution in [2.75, 3.05) is 13.1 Å². The molecule has 25 heavy (non-hydrogen) atoms. The summed E-state index contributed by atoms with van der Waals surface area (Å²) in [7, 11) is -3.45. The summed E-state index contributed by atoms with van der Waals surface area (Å²) in [5.41, 5.74) is 2.47. The molecule has 0 unspecified atom stereocenters. The molecule has 2 aliphatic rings. The van der Waals surface area contributed by atoms with Crippen LogP contribution in [0.25, 0.3) is 0 Å². The van der Waals surface area contributed by atoms with E-state index in [0.717, 1.165) is 23.7 Å². The Labute approximate surface area is 156 Å². The molecule has 2 aromatic rings. The highest BCUT2D eigenvalue weighted by atomic mass is 79.9. The van der Waals surface area contributed by atoms with Crippen LogP contribution in [0.3, 0.4) is 0 Å². The lowest BCUT2D eigenvalue weighted by molar-refractivity contribution is 0.0713. The molecule has 1 aliphatic heterocycles. The van der Waals surface area contributed by atoms with Crippen molar-refractivity contribution in [3.05, 3.63) is 52.1 Å². The number of ether oxygens (including phenoxy) is 1. The predicted molar refractivity (Wildman–Crippen MR) is 98.2 cm³/mol. The molecule has 2 heterocycles. The topological polar surface area (TPSA) is 59.5 Å². The van der Waals surface area contributed by atoms with Crippen molar-refractivity contribution in [3.63, 3.8) is 0 Å². The maximum atomic E-state index is 12.8. The van der Waals surface area contributed by atoms with Gasteiger partial charge in [0.2, 0.25) is 15.9 Å². The summed E-state index contributed by atoms with van der Waals surface area (Å²) in [6.07, 6.45) is 5.83. The molecule has 1 aliphatic carbocycles. The summed E-state index contributed by atoms with van der Waals surface area (Å²) in [5, 5.41) is 0. The second-order valence-corrected chi connectivity index (χ2v) is 9.28. The van der Waals surface area contributed by atoms with Gasteiger partial charge in [-0.05, 0) is 77.0 Å². The summed E-state index contributed by atoms with van der Waals surface area (Å²) in [4.78, 5) is 4.55. The van der Waals surface area contributed by atoms with Gasteiger partial charge in [0.25, 0.3) is 0 Å². The number of sulfonamides is 1. The lowest BCUT2D eigenvalue weighted by Gasteiger charge is -2.37. The van der Waals surface area contributed by atoms with E-state index in [1.165, 1.54) is 21.9 Å². The Morgan fingerprint density at radius 3 is 2.64 bits per heavy atom. The molecule has 0 atom stereocenters. The molecule has 0 spiro atoms. The zero-order chi connectivity index (χ0) is 17.4. The van der Waals surface area contributed by atoms with Gasteiger partial charge in [-0.3, -0.25) is 0 Å². The predicted octanol–water partition coefficient (Wildman–Crippen LogP) is 3.17. The fourth-order valence-electron chi connectivity index (χ4n) is 3.31. The smallest absolute Gasteiger partial charge is 0.243 e. The highest BCUT2D eigenvalue weighted by Crippen LogP contribution is 2.29. The summed E-state index contributed by atoms with van der Waals surface area (Å²) >= 11 is 3.38. The van der Waals surface area contributed by atoms with Crippen molar-refractivity contribution < 1.29 is 13.2 Å². The van der Waals surface area contributed by atoms with Crippen LogP contribution in [0.15, 0.2) is 45.9 Å². The van der Waals surface area contributed by atoms with E-state index < -0.39 is 10.0 Å². The van der Waals surface area contributed by atoms with Crippen molar-refractivity contribution in [2.45, 2.75) is 36.7 Å². The minimum absolute atomic E-state index is 0.168. The zero-order valence-electron chi connectivity index (χ0n) is 13.7. The Bertz CT molecular complexity index is 895. The molecule has 0 N–H and O–H groups in total. The van der Waals surface area contributed by atoms with Gasteiger partial charge in [-0.1, -0.05) is 6.07 Å². The highest BCUT2D eigenvalue weighted by Gasteiger charge is 2.38. The molecule has 5 nitrogen and oxygen atoms in total. The Morgan fingerprint density at radius 2 is 1.88 bits per heavy atom. The van der Waals surface area contributed by atoms with Crippen LogP contribution >= 0.6 is 15.9 Å². The maximum Gasteiger partial charge on any atom is 0.243 e. The van der Waals surface area contributed by atoms with E-state index in [1.807, 2.05) is 24.3 Å². The monoisotopic (exact) mass is 422 g/mol. The van der Waals surface area contributed by atoms with Gasteiger partial charge >= 0.3 is 0 Å². The van der Waals surface area contributed by atoms with Gasteiger partial charge in [-0.2, -0.15) is 4.31 Å². The first-order valence-corrected chi connectivity index (χ1v) is 10.7. The Balaban J connectivity index is 1.45. The maximum absolute atomic E-state index is 12.8. The molecule has 0 saturated carbocycles. The standard InChI is InChI=1S/C18H19BrN2O3S/c19-17-6-3-9-20-18(17)24-15-11-21(12-15)25(22,23)16-8-7-13-4-1-2-5-14(13)10-16/h3,6-10,15H,1-2,4-5,11-12H2. The van der Waals surface area contributed by atoms with E-state index in [4.69, 9.17) is 4.74 Å². The van der Waals surface area contributed by atoms with Crippen LogP contribution in [0.4, 0.5) is 0 Å². The quantitative estimate of drug-likeness (QED) is 0.758. The number of aryl methyl sites for hydroxylation is 2. The zero-order valence-corrected chi connectivity index (χ0v) is 16.1. The van der Waals surface area contributed by atoms with E-state index in [0.29, 0.717) is 23.9 Å². The first kappa shape index (κ1) is 17.0. The van der Waals surface area contributed by atoms with Crippen LogP contribution in [0.1, 0.15) is 24.0 Å². The number of halogens is 1. The molecule has 1 aromatic carbocycles. The largest absolute Gasteiger partial charge is 0.471 e. The summed E-state index contributed by atoms with van der Waals surface area (Å²) < 4.78 is 33.6. The molecule has 7 heteroatoms. The van der Waals surface area contributed by atoms with Crippen LogP contribution in [-0.4, -0.2) is 36.9 Å². The second kappa shape index (κ2) is 6.70. The average molecular weight is 423 g/mol. The Morgan fingerprint density at radius 1 is 1.12 bits per heavy atom. The number of fused-ring (bicyclic) bond motifs is 1. The van der Waals surface area contributed by atoms with Crippen molar-refractivity contribution in [2.24, 2.45) is 0 Å². The van der Waals surface area contributed by atoms with Crippen LogP contribution < -0.4 is 4.74 Å². The van der Waals surface area contributed by atoms with Gasteiger partial charge in [0.05, 0.1) is 22.5 Å². The molecule has 4 rings (SSSR count). The highest BCUT2D eigenvalue weighted by molar-refractivity contribution is 9.10. The molecule has 0 bridgehead atoms. The van der Waals surface area contributed by atoms with E-state index in [-0.39, 0.29) is 6.10 Å². The number of benzene rings is 1. The van der Waals surface area contributed by atoms with Gasteiger partial charge in [-0.25, -0.2) is 13.4 Å². The normalized spacial score (nSPS) is 18.4. The van der Waals surface area contributed by atoms with Crippen LogP contribution in [0, 0.1) is 0 Å². The van der Waals surface area contributed by atoms with E-state index in [2.05, 4.69) is 20.9 Å². The first-order valence-electron chi connectivity index (χ1n) is 8.43. The van der Waals surface area contributed by atoms with E-state index >= 15 is 0 Å². The third-order valence-corrected chi connectivity index (χ3v) is 7.21. The first-order chi connectivity index (χ1) is 12.0. The Hall–Kier alpha value is -1.44. The third-order valence-electron chi connectivity index (χ3n) is 4.78. The van der Waals surface area contributed by atoms with E-state index in [1.54, 1.807) is 12.3 Å². The SMILES string of the molecule is O=S(=O)(c1ccc2c(c1)CCCC2)N1CC(Oc2ncccc2Br)C1. The molecule has 1 fully saturated rings. The molecular weight excluding hydrogens is 404 g/mol. The molecule has 0 radical (unpaired) electrons. The average Bonchev–Trinajstić information content (AvgIpc) is 2.58. The van der Waals surface area contributed by atoms with Crippen LogP contribution in [-0.2, 0) is 22.9 Å². The van der Waals surface area contributed by atoms with Crippen molar-refractivity contribution in [3.8, 4) is 5.88 Å². The van der Waals surface area contributed by atoms with Gasteiger partial charge in [0.15, 0.2) is 0 Å². The summed E-state index contributed by atoms with van der Waals surface area (Å²) in [6.45, 7) is 0.699. The van der Waals surface area contributed by atoms with Crippen molar-refractivity contribution in [1.82, 2.24) is 9.29 Å². The van der Waals surface area contributed by atoms with E-state index in [9.17, 15) is 8.42 Å². The fraction of sp³-hybridized carbons (Fsp3) is 0.389. The van der Waals surface area contributed by atoms with Gasteiger partial charge in [0.1, 0.15) is 6.10 Å². The van der Waals surface area contributed by atoms with Crippen molar-refractivity contribution >= 4 is 26.0 Å². The van der Waals surface area contributed by atoms with Gasteiger partial charge < -0.3 is 4.74 Å². The van der Waals surface area contributed by atoms with Gasteiger partial charge in [-0.15, -0.1) is 0 Å². The Kier molecular flexibility index (Phi) is 4.56. The molecule has 1 saturated heterocycles. The second-order valence-electron chi connectivity index (χ2n) is 6.49. The number of pyridine rings is 1. The minimum atomic E-state index is -3.45. The number of nitrogens with zero attached hydrogens (tertiary/aromatic N) is 2. The lowest BCUT2D eigenvalue weighted by Crippen LogP contribution is -2.56. The summed E-state index contributed by atoms with van der Waals surface area (Å²) in [6, 6.07) is 9.23. The molecule has 1 aromatic heterocycles. The van der Waals surface area contributed by atoms with Crippen LogP contribution in [0.2, 0.25) is 0 Å². The number of rotatable bonds is 4. The summed E-state index contributed by atoms with van der Waals surface area (Å²) in [5.74, 6) is 0.498. The van der Waals surface area contributed by atoms with Crippen LogP contribution in [0.5, 0.6) is 5.88 Å².